The first kappa shape index (κ1) is 19.9. The molecule has 3 N–H and O–H groups in total. The van der Waals surface area contributed by atoms with Crippen LogP contribution >= 0.6 is 0 Å². The van der Waals surface area contributed by atoms with Gasteiger partial charge in [0.15, 0.2) is 5.96 Å². The Hall–Kier alpha value is -1.11. The molecule has 134 valence electrons. The average molecular weight is 345 g/mol. The van der Waals surface area contributed by atoms with Crippen molar-refractivity contribution in [1.82, 2.24) is 16.0 Å². The third kappa shape index (κ3) is 7.81. The Morgan fingerprint density at radius 1 is 1.30 bits per heavy atom. The Balaban J connectivity index is 2.44. The molecule has 0 aromatic heterocycles. The maximum absolute atomic E-state index is 12.0. The summed E-state index contributed by atoms with van der Waals surface area (Å²) in [5.41, 5.74) is -0.240. The summed E-state index contributed by atoms with van der Waals surface area (Å²) in [5.74, 6) is 1.29. The zero-order valence-electron chi connectivity index (χ0n) is 15.1. The molecule has 23 heavy (non-hydrogen) atoms. The average Bonchev–Trinajstić information content (AvgIpc) is 2.49. The molecule has 0 heterocycles. The molecule has 1 rings (SSSR count). The summed E-state index contributed by atoms with van der Waals surface area (Å²) in [5, 5.41) is 9.58. The van der Waals surface area contributed by atoms with Gasteiger partial charge in [-0.25, -0.2) is 0 Å². The fourth-order valence-electron chi connectivity index (χ4n) is 2.76. The second kappa shape index (κ2) is 9.25. The van der Waals surface area contributed by atoms with E-state index >= 15 is 0 Å². The second-order valence-corrected chi connectivity index (χ2v) is 9.03. The summed E-state index contributed by atoms with van der Waals surface area (Å²) in [6.07, 6.45) is 4.07. The largest absolute Gasteiger partial charge is 0.354 e. The number of hydrogen-bond donors (Lipinski definition) is 3. The third-order valence-electron chi connectivity index (χ3n) is 3.78. The molecule has 0 aromatic rings. The number of guanidine groups is 1. The van der Waals surface area contributed by atoms with Crippen LogP contribution in [0.5, 0.6) is 0 Å². The quantitative estimate of drug-likeness (QED) is 0.516. The number of amides is 1. The number of carbonyl (C=O) groups is 1. The van der Waals surface area contributed by atoms with Gasteiger partial charge in [0.1, 0.15) is 0 Å². The first-order valence-electron chi connectivity index (χ1n) is 8.40. The molecule has 0 spiro atoms. The Morgan fingerprint density at radius 2 is 2.00 bits per heavy atom. The van der Waals surface area contributed by atoms with Gasteiger partial charge < -0.3 is 16.0 Å². The van der Waals surface area contributed by atoms with Gasteiger partial charge in [-0.1, -0.05) is 13.3 Å². The van der Waals surface area contributed by atoms with Crippen LogP contribution in [-0.2, 0) is 15.6 Å². The van der Waals surface area contributed by atoms with Crippen molar-refractivity contribution in [2.45, 2.75) is 70.2 Å². The topological polar surface area (TPSA) is 82.6 Å². The van der Waals surface area contributed by atoms with Gasteiger partial charge >= 0.3 is 0 Å². The molecule has 7 heteroatoms. The molecular weight excluding hydrogens is 312 g/mol. The highest BCUT2D eigenvalue weighted by molar-refractivity contribution is 7.85. The molecule has 1 amide bonds. The zero-order valence-corrected chi connectivity index (χ0v) is 15.9. The zero-order chi connectivity index (χ0) is 17.5. The number of nitrogens with one attached hydrogen (secondary N) is 3. The van der Waals surface area contributed by atoms with Gasteiger partial charge in [-0.3, -0.25) is 14.0 Å². The van der Waals surface area contributed by atoms with Crippen molar-refractivity contribution in [3.63, 3.8) is 0 Å². The normalized spacial score (nSPS) is 24.0. The van der Waals surface area contributed by atoms with Crippen LogP contribution in [0, 0.1) is 0 Å². The van der Waals surface area contributed by atoms with E-state index in [-0.39, 0.29) is 29.3 Å². The Morgan fingerprint density at radius 3 is 2.57 bits per heavy atom. The van der Waals surface area contributed by atoms with Crippen molar-refractivity contribution in [1.29, 1.82) is 0 Å². The van der Waals surface area contributed by atoms with Crippen LogP contribution in [0.15, 0.2) is 4.99 Å². The number of rotatable bonds is 5. The van der Waals surface area contributed by atoms with E-state index < -0.39 is 10.8 Å². The minimum absolute atomic E-state index is 0.0611. The van der Waals surface area contributed by atoms with Crippen molar-refractivity contribution in [2.75, 3.05) is 19.3 Å². The van der Waals surface area contributed by atoms with E-state index in [0.717, 1.165) is 31.4 Å². The van der Waals surface area contributed by atoms with E-state index in [1.807, 2.05) is 27.7 Å². The standard InChI is InChI=1S/C16H32N4O2S/c1-6-23(22)13-9-7-8-12(10-13)19-15(17-5)18-11-14(21)20-16(2,3)4/h12-13H,6-11H2,1-5H3,(H,20,21)(H2,17,18,19). The molecule has 3 unspecified atom stereocenters. The molecule has 1 aliphatic rings. The molecule has 1 saturated carbocycles. The number of carbonyl (C=O) groups excluding carboxylic acids is 1. The monoisotopic (exact) mass is 344 g/mol. The maximum atomic E-state index is 12.0. The van der Waals surface area contributed by atoms with Crippen LogP contribution in [0.2, 0.25) is 0 Å². The molecule has 0 saturated heterocycles. The smallest absolute Gasteiger partial charge is 0.239 e. The molecule has 1 fully saturated rings. The highest BCUT2D eigenvalue weighted by atomic mass is 32.2. The fraction of sp³-hybridized carbons (Fsp3) is 0.875. The van der Waals surface area contributed by atoms with Gasteiger partial charge in [-0.15, -0.1) is 0 Å². The minimum Gasteiger partial charge on any atom is -0.354 e. The van der Waals surface area contributed by atoms with Crippen LogP contribution < -0.4 is 16.0 Å². The van der Waals surface area contributed by atoms with Crippen LogP contribution in [-0.4, -0.2) is 52.3 Å². The number of aliphatic imine (C=N–C) groups is 1. The van der Waals surface area contributed by atoms with Crippen molar-refractivity contribution in [3.05, 3.63) is 0 Å². The van der Waals surface area contributed by atoms with E-state index in [0.29, 0.717) is 5.96 Å². The highest BCUT2D eigenvalue weighted by Gasteiger charge is 2.26. The molecular formula is C16H32N4O2S. The van der Waals surface area contributed by atoms with Crippen molar-refractivity contribution in [3.8, 4) is 0 Å². The lowest BCUT2D eigenvalue weighted by molar-refractivity contribution is -0.121. The molecule has 3 atom stereocenters. The van der Waals surface area contributed by atoms with E-state index in [1.165, 1.54) is 0 Å². The fourth-order valence-corrected chi connectivity index (χ4v) is 4.11. The molecule has 0 bridgehead atoms. The molecule has 0 radical (unpaired) electrons. The second-order valence-electron chi connectivity index (χ2n) is 7.02. The summed E-state index contributed by atoms with van der Waals surface area (Å²) in [6.45, 7) is 8.02. The summed E-state index contributed by atoms with van der Waals surface area (Å²) in [4.78, 5) is 16.0. The highest BCUT2D eigenvalue weighted by Crippen LogP contribution is 2.22. The Bertz CT molecular complexity index is 446. The Kier molecular flexibility index (Phi) is 8.02. The summed E-state index contributed by atoms with van der Waals surface area (Å²) >= 11 is 0. The van der Waals surface area contributed by atoms with Crippen molar-refractivity contribution >= 4 is 22.7 Å². The lowest BCUT2D eigenvalue weighted by atomic mass is 9.95. The molecule has 1 aliphatic carbocycles. The van der Waals surface area contributed by atoms with Crippen LogP contribution in [0.1, 0.15) is 53.4 Å². The van der Waals surface area contributed by atoms with Gasteiger partial charge in [-0.2, -0.15) is 0 Å². The van der Waals surface area contributed by atoms with E-state index in [1.54, 1.807) is 7.05 Å². The molecule has 6 nitrogen and oxygen atoms in total. The first-order chi connectivity index (χ1) is 10.7. The lowest BCUT2D eigenvalue weighted by Crippen LogP contribution is -2.51. The van der Waals surface area contributed by atoms with Crippen LogP contribution in [0.3, 0.4) is 0 Å². The van der Waals surface area contributed by atoms with Crippen molar-refractivity contribution in [2.24, 2.45) is 4.99 Å². The molecule has 0 aliphatic heterocycles. The summed E-state index contributed by atoms with van der Waals surface area (Å²) in [6, 6.07) is 0.265. The van der Waals surface area contributed by atoms with Gasteiger partial charge in [0.25, 0.3) is 0 Å². The van der Waals surface area contributed by atoms with E-state index in [4.69, 9.17) is 0 Å². The van der Waals surface area contributed by atoms with Gasteiger partial charge in [-0.05, 0) is 40.0 Å². The third-order valence-corrected chi connectivity index (χ3v) is 5.52. The van der Waals surface area contributed by atoms with Crippen LogP contribution in [0.25, 0.3) is 0 Å². The maximum Gasteiger partial charge on any atom is 0.239 e. The predicted molar refractivity (Wildman–Crippen MR) is 97.1 cm³/mol. The van der Waals surface area contributed by atoms with E-state index in [9.17, 15) is 9.00 Å². The van der Waals surface area contributed by atoms with Gasteiger partial charge in [0.2, 0.25) is 5.91 Å². The van der Waals surface area contributed by atoms with E-state index in [2.05, 4.69) is 20.9 Å². The van der Waals surface area contributed by atoms with Gasteiger partial charge in [0, 0.05) is 40.4 Å². The Labute approximate surface area is 142 Å². The minimum atomic E-state index is -0.738. The SMILES string of the molecule is CCS(=O)C1CCCC(NC(=NC)NCC(=O)NC(C)(C)C)C1. The number of hydrogen-bond acceptors (Lipinski definition) is 3. The predicted octanol–water partition coefficient (Wildman–Crippen LogP) is 1.15. The summed E-state index contributed by atoms with van der Waals surface area (Å²) < 4.78 is 12.0. The number of nitrogens with zero attached hydrogens (tertiary/aromatic N) is 1. The van der Waals surface area contributed by atoms with Crippen LogP contribution in [0.4, 0.5) is 0 Å². The summed E-state index contributed by atoms with van der Waals surface area (Å²) in [7, 11) is 0.958. The molecule has 0 aromatic carbocycles. The first-order valence-corrected chi connectivity index (χ1v) is 9.78. The van der Waals surface area contributed by atoms with Crippen molar-refractivity contribution < 1.29 is 9.00 Å². The lowest BCUT2D eigenvalue weighted by Gasteiger charge is -2.30. The van der Waals surface area contributed by atoms with Gasteiger partial charge in [0.05, 0.1) is 6.54 Å².